The van der Waals surface area contributed by atoms with E-state index in [9.17, 15) is 14.4 Å². The summed E-state index contributed by atoms with van der Waals surface area (Å²) in [5.74, 6) is 1.20. The molecule has 1 aliphatic heterocycles. The molecule has 1 aliphatic rings. The van der Waals surface area contributed by atoms with Gasteiger partial charge in [-0.05, 0) is 83.6 Å². The highest BCUT2D eigenvalue weighted by atomic mass is 31.2. The van der Waals surface area contributed by atoms with Gasteiger partial charge in [0, 0.05) is 35.8 Å². The van der Waals surface area contributed by atoms with Crippen molar-refractivity contribution in [3.63, 3.8) is 0 Å². The molecule has 11 nitrogen and oxygen atoms in total. The van der Waals surface area contributed by atoms with Gasteiger partial charge in [0.2, 0.25) is 6.54 Å². The maximum Gasteiger partial charge on any atom is 0.340 e. The van der Waals surface area contributed by atoms with Crippen LogP contribution in [-0.2, 0) is 13.8 Å². The number of carbonyl (C=O) groups excluding carboxylic acids is 1. The van der Waals surface area contributed by atoms with Crippen LogP contribution in [0.25, 0.3) is 4.85 Å². The first-order valence-electron chi connectivity index (χ1n) is 17.8. The van der Waals surface area contributed by atoms with Crippen molar-refractivity contribution < 1.29 is 23.3 Å². The SMILES string of the molecule is [C-]#[N+]CCOP(O[C@@H]1C[C@H](n2cc(C)c(=O)n(C(=O)c3ccc(OCCC(C)CCCC(C)C)cc3)c2=O)O[C@@H]1CC)N(C(C)C)C(C)C. The van der Waals surface area contributed by atoms with Crippen LogP contribution in [0.4, 0.5) is 0 Å². The fourth-order valence-electron chi connectivity index (χ4n) is 6.05. The topological polar surface area (TPSA) is 106 Å². The second-order valence-corrected chi connectivity index (χ2v) is 15.4. The first-order chi connectivity index (χ1) is 23.3. The molecule has 1 fully saturated rings. The fourth-order valence-corrected chi connectivity index (χ4v) is 7.80. The van der Waals surface area contributed by atoms with E-state index in [0.717, 1.165) is 6.42 Å². The van der Waals surface area contributed by atoms with Gasteiger partial charge >= 0.3 is 5.69 Å². The van der Waals surface area contributed by atoms with Crippen molar-refractivity contribution in [2.75, 3.05) is 19.8 Å². The second-order valence-electron chi connectivity index (χ2n) is 14.0. The molecule has 0 saturated carbocycles. The fraction of sp³-hybridized carbons (Fsp3) is 0.676. The lowest BCUT2D eigenvalue weighted by Gasteiger charge is -2.37. The van der Waals surface area contributed by atoms with Gasteiger partial charge in [-0.15, -0.1) is 0 Å². The van der Waals surface area contributed by atoms with E-state index in [1.807, 2.05) is 6.92 Å². The van der Waals surface area contributed by atoms with Crippen LogP contribution in [0.3, 0.4) is 0 Å². The number of carbonyl (C=O) groups is 1. The Morgan fingerprint density at radius 1 is 1.04 bits per heavy atom. The summed E-state index contributed by atoms with van der Waals surface area (Å²) in [5.41, 5.74) is -0.992. The summed E-state index contributed by atoms with van der Waals surface area (Å²) in [6, 6.07) is 6.81. The zero-order valence-corrected chi connectivity index (χ0v) is 31.8. The first-order valence-corrected chi connectivity index (χ1v) is 18.9. The minimum Gasteiger partial charge on any atom is -0.494 e. The van der Waals surface area contributed by atoms with Crippen molar-refractivity contribution in [2.24, 2.45) is 11.8 Å². The van der Waals surface area contributed by atoms with E-state index in [1.54, 1.807) is 31.2 Å². The quantitative estimate of drug-likeness (QED) is 0.0839. The molecule has 1 saturated heterocycles. The van der Waals surface area contributed by atoms with E-state index in [4.69, 9.17) is 25.1 Å². The molecule has 0 aliphatic carbocycles. The molecule has 272 valence electrons. The maximum absolute atomic E-state index is 13.8. The lowest BCUT2D eigenvalue weighted by atomic mass is 9.98. The molecule has 2 heterocycles. The third kappa shape index (κ3) is 11.3. The van der Waals surface area contributed by atoms with E-state index in [-0.39, 0.29) is 42.5 Å². The summed E-state index contributed by atoms with van der Waals surface area (Å²) in [7, 11) is -1.52. The highest BCUT2D eigenvalue weighted by Gasteiger charge is 2.41. The third-order valence-corrected chi connectivity index (χ3v) is 10.9. The summed E-state index contributed by atoms with van der Waals surface area (Å²) in [4.78, 5) is 44.1. The molecule has 0 spiro atoms. The van der Waals surface area contributed by atoms with Crippen molar-refractivity contribution in [2.45, 2.75) is 131 Å². The van der Waals surface area contributed by atoms with Gasteiger partial charge in [-0.1, -0.05) is 47.0 Å². The highest BCUT2D eigenvalue weighted by Crippen LogP contribution is 2.50. The number of aryl methyl sites for hydroxylation is 1. The van der Waals surface area contributed by atoms with Crippen molar-refractivity contribution in [3.8, 4) is 5.75 Å². The van der Waals surface area contributed by atoms with Crippen LogP contribution in [0.5, 0.6) is 5.75 Å². The molecule has 49 heavy (non-hydrogen) atoms. The van der Waals surface area contributed by atoms with Crippen molar-refractivity contribution in [3.05, 3.63) is 73.8 Å². The molecule has 2 unspecified atom stereocenters. The molecule has 1 aromatic carbocycles. The number of rotatable bonds is 19. The summed E-state index contributed by atoms with van der Waals surface area (Å²) < 4.78 is 29.1. The van der Waals surface area contributed by atoms with E-state index in [1.165, 1.54) is 30.0 Å². The van der Waals surface area contributed by atoms with Gasteiger partial charge in [-0.2, -0.15) is 4.57 Å². The minimum absolute atomic E-state index is 0.130. The molecule has 0 bridgehead atoms. The van der Waals surface area contributed by atoms with E-state index < -0.39 is 38.0 Å². The molecule has 0 N–H and O–H groups in total. The Labute approximate surface area is 293 Å². The van der Waals surface area contributed by atoms with Crippen LogP contribution in [0.2, 0.25) is 0 Å². The lowest BCUT2D eigenvalue weighted by Crippen LogP contribution is -2.45. The first kappa shape index (κ1) is 40.6. The number of benzene rings is 1. The molecule has 12 heteroatoms. The molecule has 3 rings (SSSR count). The Hall–Kier alpha value is -2.87. The van der Waals surface area contributed by atoms with Crippen molar-refractivity contribution in [1.29, 1.82) is 0 Å². The molecular formula is C37H57N4O7P. The molecule has 0 amide bonds. The average molecular weight is 701 g/mol. The van der Waals surface area contributed by atoms with E-state index >= 15 is 0 Å². The zero-order valence-electron chi connectivity index (χ0n) is 30.9. The lowest BCUT2D eigenvalue weighted by molar-refractivity contribution is -0.0205. The van der Waals surface area contributed by atoms with Gasteiger partial charge in [-0.3, -0.25) is 14.2 Å². The standard InChI is InChI=1S/C37H57N4O7P/c1-11-32-33(48-49(46-22-20-38-10)41(26(4)5)27(6)7)23-34(47-32)39-24-29(9)35(42)40(37(39)44)36(43)30-15-17-31(18-16-30)45-21-19-28(8)14-12-13-25(2)3/h15-18,24-28,32-34H,11-14,19-23H2,1-9H3/t28?,32-,33-,34-,49?/m1/s1. The summed E-state index contributed by atoms with van der Waals surface area (Å²) >= 11 is 0. The van der Waals surface area contributed by atoms with Crippen molar-refractivity contribution in [1.82, 2.24) is 13.8 Å². The Kier molecular flexibility index (Phi) is 16.1. The van der Waals surface area contributed by atoms with Gasteiger partial charge in [0.1, 0.15) is 18.6 Å². The minimum atomic E-state index is -1.52. The smallest absolute Gasteiger partial charge is 0.340 e. The van der Waals surface area contributed by atoms with Crippen LogP contribution >= 0.6 is 8.53 Å². The number of nitrogens with zero attached hydrogens (tertiary/aromatic N) is 4. The number of hydrogen-bond acceptors (Lipinski definition) is 8. The average Bonchev–Trinajstić information content (AvgIpc) is 3.45. The molecule has 2 aromatic rings. The van der Waals surface area contributed by atoms with Crippen LogP contribution < -0.4 is 16.0 Å². The van der Waals surface area contributed by atoms with Gasteiger partial charge in [-0.25, -0.2) is 16.0 Å². The largest absolute Gasteiger partial charge is 0.494 e. The predicted octanol–water partition coefficient (Wildman–Crippen LogP) is 7.60. The number of ether oxygens (including phenoxy) is 2. The normalized spacial score (nSPS) is 19.1. The molecule has 1 aromatic heterocycles. The summed E-state index contributed by atoms with van der Waals surface area (Å²) in [6.45, 7) is 26.8. The van der Waals surface area contributed by atoms with E-state index in [0.29, 0.717) is 41.6 Å². The summed E-state index contributed by atoms with van der Waals surface area (Å²) in [5, 5.41) is 0. The van der Waals surface area contributed by atoms with Crippen molar-refractivity contribution >= 4 is 14.4 Å². The van der Waals surface area contributed by atoms with E-state index in [2.05, 4.69) is 58.0 Å². The third-order valence-electron chi connectivity index (χ3n) is 8.72. The molecular weight excluding hydrogens is 643 g/mol. The highest BCUT2D eigenvalue weighted by molar-refractivity contribution is 7.44. The monoisotopic (exact) mass is 700 g/mol. The molecule has 5 atom stereocenters. The predicted molar refractivity (Wildman–Crippen MR) is 194 cm³/mol. The Morgan fingerprint density at radius 2 is 1.71 bits per heavy atom. The van der Waals surface area contributed by atoms with Gasteiger partial charge in [0.05, 0.1) is 18.8 Å². The zero-order chi connectivity index (χ0) is 36.2. The Morgan fingerprint density at radius 3 is 2.31 bits per heavy atom. The van der Waals surface area contributed by atoms with Gasteiger partial charge < -0.3 is 23.4 Å². The maximum atomic E-state index is 13.8. The Bertz CT molecular complexity index is 1490. The number of hydrogen-bond donors (Lipinski definition) is 0. The van der Waals surface area contributed by atoms with Crippen LogP contribution in [0, 0.1) is 25.3 Å². The van der Waals surface area contributed by atoms with Crippen LogP contribution in [0.15, 0.2) is 40.1 Å². The second kappa shape index (κ2) is 19.5. The van der Waals surface area contributed by atoms with Crippen LogP contribution in [-0.4, -0.2) is 63.8 Å². The Balaban J connectivity index is 1.77. The molecule has 0 radical (unpaired) electrons. The van der Waals surface area contributed by atoms with Crippen LogP contribution in [0.1, 0.15) is 116 Å². The van der Waals surface area contributed by atoms with Gasteiger partial charge in [0.15, 0.2) is 0 Å². The summed E-state index contributed by atoms with van der Waals surface area (Å²) in [6.07, 6.45) is 5.44. The van der Waals surface area contributed by atoms with Gasteiger partial charge in [0.25, 0.3) is 20.0 Å². The number of aromatic nitrogens is 2.